The lowest BCUT2D eigenvalue weighted by Crippen LogP contribution is -2.62. The van der Waals surface area contributed by atoms with E-state index in [0.717, 1.165) is 5.56 Å². The lowest BCUT2D eigenvalue weighted by molar-refractivity contribution is -0.155. The van der Waals surface area contributed by atoms with Crippen molar-refractivity contribution < 1.29 is 24.3 Å². The Morgan fingerprint density at radius 3 is 2.82 bits per heavy atom. The average molecular weight is 403 g/mol. The number of hydrogen-bond donors (Lipinski definition) is 2. The summed E-state index contributed by atoms with van der Waals surface area (Å²) < 4.78 is 0. The number of carbonyl (C=O) groups is 3. The Hall–Kier alpha value is -2.81. The molecule has 2 atom stereocenters. The van der Waals surface area contributed by atoms with Gasteiger partial charge in [-0.3, -0.25) is 14.5 Å². The number of hydrogen-bond acceptors (Lipinski definition) is 6. The smallest absolute Gasteiger partial charge is 0.352 e. The number of β-lactam (4-membered cyclic amide) rings is 1. The number of nitrogens with one attached hydrogen (secondary N) is 1. The molecule has 1 aromatic carbocycles. The van der Waals surface area contributed by atoms with E-state index in [0.29, 0.717) is 17.9 Å². The predicted molar refractivity (Wildman–Crippen MR) is 105 cm³/mol. The van der Waals surface area contributed by atoms with Crippen molar-refractivity contribution in [1.29, 1.82) is 0 Å². The number of carbonyl (C=O) groups excluding carboxylic acids is 2. The summed E-state index contributed by atoms with van der Waals surface area (Å²) in [6, 6.07) is 9.43. The second-order valence-electron chi connectivity index (χ2n) is 6.49. The summed E-state index contributed by atoms with van der Waals surface area (Å²) in [5.74, 6) is -1.36. The predicted octanol–water partition coefficient (Wildman–Crippen LogP) is 1.24. The van der Waals surface area contributed by atoms with Gasteiger partial charge in [0.1, 0.15) is 18.2 Å². The first-order valence-corrected chi connectivity index (χ1v) is 9.86. The van der Waals surface area contributed by atoms with Crippen LogP contribution in [0.5, 0.6) is 0 Å². The van der Waals surface area contributed by atoms with Crippen molar-refractivity contribution in [2.75, 3.05) is 18.9 Å². The molecule has 148 valence electrons. The van der Waals surface area contributed by atoms with E-state index in [1.807, 2.05) is 30.3 Å². The quantitative estimate of drug-likeness (QED) is 0.384. The van der Waals surface area contributed by atoms with E-state index < -0.39 is 11.9 Å². The van der Waals surface area contributed by atoms with Crippen LogP contribution in [-0.4, -0.2) is 57.8 Å². The third-order valence-corrected chi connectivity index (χ3v) is 5.64. The van der Waals surface area contributed by atoms with Crippen LogP contribution >= 0.6 is 11.8 Å². The van der Waals surface area contributed by atoms with E-state index in [9.17, 15) is 14.4 Å². The van der Waals surface area contributed by atoms with Crippen LogP contribution in [0.2, 0.25) is 0 Å². The first kappa shape index (κ1) is 19.9. The molecule has 2 amide bonds. The van der Waals surface area contributed by atoms with Gasteiger partial charge in [0, 0.05) is 5.75 Å². The number of oxime groups is 1. The molecular formula is C19H21N3O5S. The highest BCUT2D eigenvalue weighted by atomic mass is 32.2. The van der Waals surface area contributed by atoms with Gasteiger partial charge in [-0.2, -0.15) is 0 Å². The lowest BCUT2D eigenvalue weighted by atomic mass is 9.98. The van der Waals surface area contributed by atoms with Crippen LogP contribution in [0.4, 0.5) is 0 Å². The molecule has 0 aromatic heterocycles. The standard InChI is InChI=1S/C19H21N3O5S/c1-12(10-20-16(23)9-13-5-3-2-4-6-13)21-27-11-14-17(24)22-15(19(25)26)7-8-28-18(14)22/h2-7,14,18H,8-11H2,1H3,(H,20,23)(H,25,26)/b21-12+. The Kier molecular flexibility index (Phi) is 6.35. The summed E-state index contributed by atoms with van der Waals surface area (Å²) in [6.45, 7) is 2.05. The highest BCUT2D eigenvalue weighted by Crippen LogP contribution is 2.41. The van der Waals surface area contributed by atoms with Gasteiger partial charge < -0.3 is 15.3 Å². The van der Waals surface area contributed by atoms with Crippen molar-refractivity contribution in [1.82, 2.24) is 10.2 Å². The highest BCUT2D eigenvalue weighted by Gasteiger charge is 2.52. The number of carboxylic acid groups (broad SMARTS) is 1. The summed E-state index contributed by atoms with van der Waals surface area (Å²) in [7, 11) is 0. The molecule has 28 heavy (non-hydrogen) atoms. The van der Waals surface area contributed by atoms with Crippen molar-refractivity contribution in [3.8, 4) is 0 Å². The summed E-state index contributed by atoms with van der Waals surface area (Å²) in [5, 5.41) is 15.6. The molecule has 8 nitrogen and oxygen atoms in total. The molecule has 0 saturated carbocycles. The molecule has 1 aromatic rings. The minimum absolute atomic E-state index is 0.0332. The molecule has 9 heteroatoms. The van der Waals surface area contributed by atoms with E-state index in [1.54, 1.807) is 13.0 Å². The van der Waals surface area contributed by atoms with Crippen LogP contribution in [0, 0.1) is 5.92 Å². The number of carboxylic acids is 1. The Labute approximate surface area is 166 Å². The molecule has 2 aliphatic heterocycles. The molecule has 0 aliphatic carbocycles. The van der Waals surface area contributed by atoms with Crippen LogP contribution in [0.1, 0.15) is 12.5 Å². The van der Waals surface area contributed by atoms with Crippen LogP contribution in [0.3, 0.4) is 0 Å². The maximum atomic E-state index is 12.2. The molecule has 2 aliphatic rings. The maximum Gasteiger partial charge on any atom is 0.352 e. The van der Waals surface area contributed by atoms with Gasteiger partial charge in [0.05, 0.1) is 24.1 Å². The summed E-state index contributed by atoms with van der Waals surface area (Å²) in [5.41, 5.74) is 1.54. The van der Waals surface area contributed by atoms with E-state index >= 15 is 0 Å². The number of fused-ring (bicyclic) bond motifs is 1. The number of aliphatic carboxylic acids is 1. The maximum absolute atomic E-state index is 12.2. The molecule has 2 heterocycles. The first-order valence-electron chi connectivity index (χ1n) is 8.81. The van der Waals surface area contributed by atoms with Gasteiger partial charge >= 0.3 is 5.97 Å². The molecule has 0 radical (unpaired) electrons. The van der Waals surface area contributed by atoms with Crippen LogP contribution in [0.25, 0.3) is 0 Å². The molecule has 2 unspecified atom stereocenters. The third-order valence-electron chi connectivity index (χ3n) is 4.40. The van der Waals surface area contributed by atoms with Crippen molar-refractivity contribution in [2.24, 2.45) is 11.1 Å². The van der Waals surface area contributed by atoms with Gasteiger partial charge in [0.2, 0.25) is 11.8 Å². The summed E-state index contributed by atoms with van der Waals surface area (Å²) >= 11 is 1.50. The van der Waals surface area contributed by atoms with Gasteiger partial charge in [0.15, 0.2) is 0 Å². The summed E-state index contributed by atoms with van der Waals surface area (Å²) in [4.78, 5) is 41.9. The minimum atomic E-state index is -1.10. The number of benzene rings is 1. The van der Waals surface area contributed by atoms with Crippen molar-refractivity contribution >= 4 is 35.3 Å². The fraction of sp³-hybridized carbons (Fsp3) is 0.368. The fourth-order valence-corrected chi connectivity index (χ4v) is 4.21. The minimum Gasteiger partial charge on any atom is -0.477 e. The van der Waals surface area contributed by atoms with Gasteiger partial charge in [-0.15, -0.1) is 11.8 Å². The highest BCUT2D eigenvalue weighted by molar-refractivity contribution is 8.00. The van der Waals surface area contributed by atoms with Crippen molar-refractivity contribution in [3.63, 3.8) is 0 Å². The molecule has 0 spiro atoms. The van der Waals surface area contributed by atoms with Crippen LogP contribution in [-0.2, 0) is 25.6 Å². The Balaban J connectivity index is 1.41. The molecule has 0 bridgehead atoms. The largest absolute Gasteiger partial charge is 0.477 e. The van der Waals surface area contributed by atoms with Gasteiger partial charge in [-0.1, -0.05) is 35.5 Å². The van der Waals surface area contributed by atoms with Crippen LogP contribution < -0.4 is 5.32 Å². The Morgan fingerprint density at radius 2 is 2.11 bits per heavy atom. The second kappa shape index (κ2) is 8.92. The van der Waals surface area contributed by atoms with E-state index in [4.69, 9.17) is 9.94 Å². The van der Waals surface area contributed by atoms with Crippen molar-refractivity contribution in [2.45, 2.75) is 18.7 Å². The van der Waals surface area contributed by atoms with Crippen LogP contribution in [0.15, 0.2) is 47.3 Å². The van der Waals surface area contributed by atoms with E-state index in [2.05, 4.69) is 10.5 Å². The fourth-order valence-electron chi connectivity index (χ4n) is 2.97. The topological polar surface area (TPSA) is 108 Å². The lowest BCUT2D eigenvalue weighted by Gasteiger charge is -2.47. The molecule has 2 N–H and O–H groups in total. The molecule has 3 rings (SSSR count). The number of amides is 2. The Bertz CT molecular complexity index is 824. The van der Waals surface area contributed by atoms with Gasteiger partial charge in [0.25, 0.3) is 0 Å². The normalized spacial score (nSPS) is 21.3. The zero-order valence-electron chi connectivity index (χ0n) is 15.3. The molecule has 1 saturated heterocycles. The van der Waals surface area contributed by atoms with Crippen molar-refractivity contribution in [3.05, 3.63) is 47.7 Å². The monoisotopic (exact) mass is 403 g/mol. The van der Waals surface area contributed by atoms with E-state index in [-0.39, 0.29) is 36.0 Å². The van der Waals surface area contributed by atoms with Gasteiger partial charge in [-0.05, 0) is 18.6 Å². The number of thioether (sulfide) groups is 1. The second-order valence-corrected chi connectivity index (χ2v) is 7.64. The number of nitrogens with zero attached hydrogens (tertiary/aromatic N) is 2. The Morgan fingerprint density at radius 1 is 1.36 bits per heavy atom. The summed E-state index contributed by atoms with van der Waals surface area (Å²) in [6.07, 6.45) is 1.83. The average Bonchev–Trinajstić information content (AvgIpc) is 2.69. The van der Waals surface area contributed by atoms with E-state index in [1.165, 1.54) is 16.7 Å². The SMILES string of the molecule is C/C(CNC(=O)Cc1ccccc1)=N\OCC1C(=O)N2C(C(=O)O)=CCSC12. The third kappa shape index (κ3) is 4.53. The van der Waals surface area contributed by atoms with Gasteiger partial charge in [-0.25, -0.2) is 4.79 Å². The number of rotatable bonds is 8. The molecule has 1 fully saturated rings. The molecular weight excluding hydrogens is 382 g/mol. The first-order chi connectivity index (χ1) is 13.5. The zero-order chi connectivity index (χ0) is 20.1. The zero-order valence-corrected chi connectivity index (χ0v) is 16.1.